The third kappa shape index (κ3) is 3.95. The van der Waals surface area contributed by atoms with Gasteiger partial charge >= 0.3 is 0 Å². The van der Waals surface area contributed by atoms with Crippen LogP contribution in [0.15, 0.2) is 18.3 Å². The monoisotopic (exact) mass is 275 g/mol. The lowest BCUT2D eigenvalue weighted by atomic mass is 9.86. The highest BCUT2D eigenvalue weighted by Crippen LogP contribution is 2.28. The number of rotatable bonds is 6. The molecule has 0 aliphatic carbocycles. The summed E-state index contributed by atoms with van der Waals surface area (Å²) in [7, 11) is 0. The molecule has 0 atom stereocenters. The SMILES string of the molecule is CCCNCc1cccnc1N1CCC(C(C)C)CC1. The molecule has 1 saturated heterocycles. The van der Waals surface area contributed by atoms with Crippen molar-refractivity contribution < 1.29 is 0 Å². The van der Waals surface area contributed by atoms with Crippen LogP contribution in [0.4, 0.5) is 5.82 Å². The quantitative estimate of drug-likeness (QED) is 0.806. The molecule has 1 fully saturated rings. The fourth-order valence-electron chi connectivity index (χ4n) is 3.03. The maximum Gasteiger partial charge on any atom is 0.133 e. The van der Waals surface area contributed by atoms with Crippen molar-refractivity contribution in [1.82, 2.24) is 10.3 Å². The first-order valence-electron chi connectivity index (χ1n) is 8.12. The maximum absolute atomic E-state index is 4.64. The summed E-state index contributed by atoms with van der Waals surface area (Å²) in [6.45, 7) is 11.2. The number of aromatic nitrogens is 1. The van der Waals surface area contributed by atoms with Gasteiger partial charge in [-0.2, -0.15) is 0 Å². The van der Waals surface area contributed by atoms with Crippen LogP contribution in [0, 0.1) is 11.8 Å². The summed E-state index contributed by atoms with van der Waals surface area (Å²) in [6.07, 6.45) is 5.70. The standard InChI is InChI=1S/C17H29N3/c1-4-9-18-13-16-6-5-10-19-17(16)20-11-7-15(8-12-20)14(2)3/h5-6,10,14-15,18H,4,7-9,11-13H2,1-3H3. The van der Waals surface area contributed by atoms with Crippen molar-refractivity contribution in [3.63, 3.8) is 0 Å². The fourth-order valence-corrected chi connectivity index (χ4v) is 3.03. The summed E-state index contributed by atoms with van der Waals surface area (Å²) in [4.78, 5) is 7.11. The highest BCUT2D eigenvalue weighted by Gasteiger charge is 2.23. The van der Waals surface area contributed by atoms with E-state index in [4.69, 9.17) is 0 Å². The lowest BCUT2D eigenvalue weighted by Gasteiger charge is -2.35. The van der Waals surface area contributed by atoms with E-state index >= 15 is 0 Å². The first-order chi connectivity index (χ1) is 9.72. The molecule has 1 aliphatic rings. The van der Waals surface area contributed by atoms with Crippen molar-refractivity contribution in [2.75, 3.05) is 24.5 Å². The van der Waals surface area contributed by atoms with Gasteiger partial charge in [-0.15, -0.1) is 0 Å². The van der Waals surface area contributed by atoms with Gasteiger partial charge in [-0.25, -0.2) is 4.98 Å². The first kappa shape index (κ1) is 15.3. The Morgan fingerprint density at radius 3 is 2.75 bits per heavy atom. The van der Waals surface area contributed by atoms with E-state index in [0.29, 0.717) is 0 Å². The third-order valence-electron chi connectivity index (χ3n) is 4.39. The van der Waals surface area contributed by atoms with Gasteiger partial charge in [0.15, 0.2) is 0 Å². The Morgan fingerprint density at radius 2 is 2.10 bits per heavy atom. The number of hydrogen-bond acceptors (Lipinski definition) is 3. The van der Waals surface area contributed by atoms with E-state index in [1.807, 2.05) is 12.3 Å². The minimum atomic E-state index is 0.812. The first-order valence-corrected chi connectivity index (χ1v) is 8.12. The van der Waals surface area contributed by atoms with E-state index in [2.05, 4.69) is 42.0 Å². The molecule has 2 rings (SSSR count). The Labute approximate surface area is 123 Å². The number of nitrogens with one attached hydrogen (secondary N) is 1. The Bertz CT molecular complexity index is 395. The molecule has 0 radical (unpaired) electrons. The summed E-state index contributed by atoms with van der Waals surface area (Å²) in [5, 5.41) is 3.49. The van der Waals surface area contributed by atoms with Gasteiger partial charge in [0.1, 0.15) is 5.82 Å². The molecular formula is C17H29N3. The highest BCUT2D eigenvalue weighted by atomic mass is 15.2. The molecule has 0 unspecified atom stereocenters. The lowest BCUT2D eigenvalue weighted by molar-refractivity contribution is 0.310. The zero-order valence-electron chi connectivity index (χ0n) is 13.2. The van der Waals surface area contributed by atoms with E-state index in [1.54, 1.807) is 0 Å². The van der Waals surface area contributed by atoms with E-state index in [0.717, 1.165) is 38.0 Å². The van der Waals surface area contributed by atoms with Gasteiger partial charge < -0.3 is 10.2 Å². The van der Waals surface area contributed by atoms with E-state index < -0.39 is 0 Å². The minimum absolute atomic E-state index is 0.812. The molecule has 1 N–H and O–H groups in total. The molecule has 0 saturated carbocycles. The number of piperidine rings is 1. The van der Waals surface area contributed by atoms with Crippen LogP contribution in [0.5, 0.6) is 0 Å². The molecular weight excluding hydrogens is 246 g/mol. The van der Waals surface area contributed by atoms with Crippen LogP contribution in [0.1, 0.15) is 45.6 Å². The second kappa shape index (κ2) is 7.63. The molecule has 3 nitrogen and oxygen atoms in total. The fraction of sp³-hybridized carbons (Fsp3) is 0.706. The zero-order chi connectivity index (χ0) is 14.4. The van der Waals surface area contributed by atoms with Crippen LogP contribution in [0.2, 0.25) is 0 Å². The van der Waals surface area contributed by atoms with Crippen LogP contribution in [0.3, 0.4) is 0 Å². The summed E-state index contributed by atoms with van der Waals surface area (Å²) >= 11 is 0. The molecule has 0 aromatic carbocycles. The van der Waals surface area contributed by atoms with Gasteiger partial charge in [0.05, 0.1) is 0 Å². The second-order valence-electron chi connectivity index (χ2n) is 6.23. The van der Waals surface area contributed by atoms with E-state index in [-0.39, 0.29) is 0 Å². The Balaban J connectivity index is 1.98. The van der Waals surface area contributed by atoms with Crippen molar-refractivity contribution in [3.05, 3.63) is 23.9 Å². The average molecular weight is 275 g/mol. The van der Waals surface area contributed by atoms with Crippen molar-refractivity contribution >= 4 is 5.82 Å². The molecule has 0 amide bonds. The molecule has 2 heterocycles. The summed E-state index contributed by atoms with van der Waals surface area (Å²) < 4.78 is 0. The molecule has 0 bridgehead atoms. The van der Waals surface area contributed by atoms with Gasteiger partial charge in [0, 0.05) is 31.4 Å². The third-order valence-corrected chi connectivity index (χ3v) is 4.39. The maximum atomic E-state index is 4.64. The van der Waals surface area contributed by atoms with Crippen molar-refractivity contribution in [2.24, 2.45) is 11.8 Å². The molecule has 1 aliphatic heterocycles. The van der Waals surface area contributed by atoms with E-state index in [9.17, 15) is 0 Å². The van der Waals surface area contributed by atoms with Gasteiger partial charge in [-0.3, -0.25) is 0 Å². The topological polar surface area (TPSA) is 28.2 Å². The van der Waals surface area contributed by atoms with Crippen LogP contribution >= 0.6 is 0 Å². The largest absolute Gasteiger partial charge is 0.356 e. The van der Waals surface area contributed by atoms with Gasteiger partial charge in [0.2, 0.25) is 0 Å². The van der Waals surface area contributed by atoms with Crippen LogP contribution in [0.25, 0.3) is 0 Å². The predicted octanol–water partition coefficient (Wildman–Crippen LogP) is 3.45. The number of nitrogens with zero attached hydrogens (tertiary/aromatic N) is 2. The van der Waals surface area contributed by atoms with Gasteiger partial charge in [-0.1, -0.05) is 26.8 Å². The van der Waals surface area contributed by atoms with Crippen LogP contribution < -0.4 is 10.2 Å². The number of pyridine rings is 1. The summed E-state index contributed by atoms with van der Waals surface area (Å²) in [6, 6.07) is 4.26. The number of anilines is 1. The molecule has 1 aromatic rings. The van der Waals surface area contributed by atoms with Gasteiger partial charge in [0.25, 0.3) is 0 Å². The van der Waals surface area contributed by atoms with Gasteiger partial charge in [-0.05, 0) is 43.7 Å². The Kier molecular flexibility index (Phi) is 5.84. The van der Waals surface area contributed by atoms with E-state index in [1.165, 1.54) is 30.6 Å². The molecule has 0 spiro atoms. The zero-order valence-corrected chi connectivity index (χ0v) is 13.2. The molecule has 112 valence electrons. The molecule has 3 heteroatoms. The highest BCUT2D eigenvalue weighted by molar-refractivity contribution is 5.47. The summed E-state index contributed by atoms with van der Waals surface area (Å²) in [5.41, 5.74) is 1.34. The Hall–Kier alpha value is -1.09. The minimum Gasteiger partial charge on any atom is -0.356 e. The number of hydrogen-bond donors (Lipinski definition) is 1. The lowest BCUT2D eigenvalue weighted by Crippen LogP contribution is -2.36. The summed E-state index contributed by atoms with van der Waals surface area (Å²) in [5.74, 6) is 2.89. The predicted molar refractivity (Wildman–Crippen MR) is 86.0 cm³/mol. The Morgan fingerprint density at radius 1 is 1.35 bits per heavy atom. The molecule has 20 heavy (non-hydrogen) atoms. The van der Waals surface area contributed by atoms with Crippen molar-refractivity contribution in [1.29, 1.82) is 0 Å². The smallest absolute Gasteiger partial charge is 0.133 e. The molecule has 1 aromatic heterocycles. The van der Waals surface area contributed by atoms with Crippen molar-refractivity contribution in [2.45, 2.75) is 46.6 Å². The second-order valence-corrected chi connectivity index (χ2v) is 6.23. The van der Waals surface area contributed by atoms with Crippen LogP contribution in [-0.2, 0) is 6.54 Å². The average Bonchev–Trinajstić information content (AvgIpc) is 2.48. The van der Waals surface area contributed by atoms with Crippen molar-refractivity contribution in [3.8, 4) is 0 Å². The van der Waals surface area contributed by atoms with Crippen LogP contribution in [-0.4, -0.2) is 24.6 Å². The normalized spacial score (nSPS) is 16.9.